The second kappa shape index (κ2) is 3.35. The van der Waals surface area contributed by atoms with Crippen LogP contribution in [0.4, 0.5) is 4.39 Å². The van der Waals surface area contributed by atoms with Crippen LogP contribution in [-0.4, -0.2) is 34.5 Å². The van der Waals surface area contributed by atoms with E-state index in [1.54, 1.807) is 6.92 Å². The number of aliphatic hydroxyl groups excluding tert-OH is 1. The van der Waals surface area contributed by atoms with Crippen LogP contribution in [0, 0.1) is 0 Å². The molecule has 0 unspecified atom stereocenters. The molecule has 1 aliphatic rings. The average Bonchev–Trinajstić information content (AvgIpc) is 1.97. The van der Waals surface area contributed by atoms with Gasteiger partial charge in [-0.05, 0) is 6.92 Å². The first kappa shape index (κ1) is 9.38. The molecule has 0 aromatic carbocycles. The lowest BCUT2D eigenvalue weighted by atomic mass is 10.0. The van der Waals surface area contributed by atoms with Gasteiger partial charge in [-0.15, -0.1) is 0 Å². The van der Waals surface area contributed by atoms with E-state index in [1.807, 2.05) is 0 Å². The van der Waals surface area contributed by atoms with Crippen molar-refractivity contribution in [2.75, 3.05) is 0 Å². The molecule has 5 heteroatoms. The highest BCUT2D eigenvalue weighted by atomic mass is 79.9. The molecule has 1 saturated heterocycles. The van der Waals surface area contributed by atoms with Gasteiger partial charge in [-0.1, -0.05) is 15.9 Å². The highest BCUT2D eigenvalue weighted by Crippen LogP contribution is 2.25. The summed E-state index contributed by atoms with van der Waals surface area (Å²) < 4.78 is 17.9. The molecule has 0 spiro atoms. The normalized spacial score (nSPS) is 52.6. The first-order valence-electron chi connectivity index (χ1n) is 3.41. The number of halogens is 2. The summed E-state index contributed by atoms with van der Waals surface area (Å²) in [7, 11) is 0. The molecular formula is C6H11BrFNO2. The second-order valence-corrected chi connectivity index (χ2v) is 3.61. The number of rotatable bonds is 0. The summed E-state index contributed by atoms with van der Waals surface area (Å²) in [6.45, 7) is 1.70. The van der Waals surface area contributed by atoms with E-state index in [4.69, 9.17) is 10.5 Å². The Morgan fingerprint density at radius 2 is 2.18 bits per heavy atom. The van der Waals surface area contributed by atoms with Crippen molar-refractivity contribution >= 4 is 15.9 Å². The number of alkyl halides is 2. The maximum atomic E-state index is 12.9. The largest absolute Gasteiger partial charge is 0.388 e. The van der Waals surface area contributed by atoms with Gasteiger partial charge < -0.3 is 15.6 Å². The van der Waals surface area contributed by atoms with E-state index in [9.17, 15) is 9.50 Å². The molecular weight excluding hydrogens is 217 g/mol. The van der Waals surface area contributed by atoms with Crippen LogP contribution in [0.2, 0.25) is 0 Å². The number of aliphatic hydroxyl groups is 1. The predicted molar refractivity (Wildman–Crippen MR) is 42.1 cm³/mol. The van der Waals surface area contributed by atoms with Crippen LogP contribution in [0.25, 0.3) is 0 Å². The second-order valence-electron chi connectivity index (χ2n) is 2.70. The zero-order valence-electron chi connectivity index (χ0n) is 6.08. The molecule has 3 N–H and O–H groups in total. The van der Waals surface area contributed by atoms with Gasteiger partial charge in [0.2, 0.25) is 0 Å². The Hall–Kier alpha value is 0.290. The Morgan fingerprint density at radius 3 is 2.73 bits per heavy atom. The van der Waals surface area contributed by atoms with E-state index >= 15 is 0 Å². The number of nitrogens with two attached hydrogens (primary N) is 1. The van der Waals surface area contributed by atoms with Crippen molar-refractivity contribution in [2.45, 2.75) is 36.4 Å². The summed E-state index contributed by atoms with van der Waals surface area (Å²) in [4.78, 5) is 0. The van der Waals surface area contributed by atoms with Crippen molar-refractivity contribution in [1.82, 2.24) is 0 Å². The van der Waals surface area contributed by atoms with Gasteiger partial charge in [0.05, 0.1) is 12.1 Å². The summed E-state index contributed by atoms with van der Waals surface area (Å²) in [6, 6.07) is -0.640. The summed E-state index contributed by atoms with van der Waals surface area (Å²) in [5.74, 6) is 0. The summed E-state index contributed by atoms with van der Waals surface area (Å²) in [5.41, 5.74) is 5.44. The third kappa shape index (κ3) is 1.72. The number of hydrogen-bond donors (Lipinski definition) is 2. The SMILES string of the molecule is C[C@@H]1O[C@@H](Br)[C@H](F)[C@H](O)[C@@H]1N. The average molecular weight is 228 g/mol. The highest BCUT2D eigenvalue weighted by molar-refractivity contribution is 9.09. The Balaban J connectivity index is 2.63. The number of ether oxygens (including phenoxy) is 1. The van der Waals surface area contributed by atoms with Crippen molar-refractivity contribution < 1.29 is 14.2 Å². The zero-order chi connectivity index (χ0) is 8.59. The summed E-state index contributed by atoms with van der Waals surface area (Å²) >= 11 is 2.95. The van der Waals surface area contributed by atoms with E-state index in [-0.39, 0.29) is 6.10 Å². The maximum Gasteiger partial charge on any atom is 0.163 e. The van der Waals surface area contributed by atoms with Crippen LogP contribution in [0.5, 0.6) is 0 Å². The van der Waals surface area contributed by atoms with Crippen molar-refractivity contribution in [3.05, 3.63) is 0 Å². The fourth-order valence-electron chi connectivity index (χ4n) is 1.02. The van der Waals surface area contributed by atoms with Crippen LogP contribution in [-0.2, 0) is 4.74 Å². The van der Waals surface area contributed by atoms with Gasteiger partial charge in [0.25, 0.3) is 0 Å². The standard InChI is InChI=1S/C6H11BrFNO2/c1-2-4(9)5(10)3(8)6(7)11-2/h2-6,10H,9H2,1H3/t2-,3+,4+,5-,6+/m0/s1. The van der Waals surface area contributed by atoms with Crippen molar-refractivity contribution in [1.29, 1.82) is 0 Å². The van der Waals surface area contributed by atoms with Gasteiger partial charge in [-0.25, -0.2) is 4.39 Å². The first-order chi connectivity index (χ1) is 5.04. The number of hydrogen-bond acceptors (Lipinski definition) is 3. The molecule has 5 atom stereocenters. The fraction of sp³-hybridized carbons (Fsp3) is 1.00. The van der Waals surface area contributed by atoms with E-state index in [2.05, 4.69) is 15.9 Å². The summed E-state index contributed by atoms with van der Waals surface area (Å²) in [5, 5.41) is 8.43. The van der Waals surface area contributed by atoms with Crippen LogP contribution in [0.3, 0.4) is 0 Å². The van der Waals surface area contributed by atoms with Gasteiger partial charge in [0.1, 0.15) is 11.1 Å². The van der Waals surface area contributed by atoms with Crippen LogP contribution >= 0.6 is 15.9 Å². The Bertz CT molecular complexity index is 135. The lowest BCUT2D eigenvalue weighted by Gasteiger charge is -2.36. The molecule has 0 aliphatic carbocycles. The van der Waals surface area contributed by atoms with E-state index in [1.165, 1.54) is 0 Å². The highest BCUT2D eigenvalue weighted by Gasteiger charge is 2.40. The monoisotopic (exact) mass is 227 g/mol. The molecule has 0 radical (unpaired) electrons. The van der Waals surface area contributed by atoms with Crippen molar-refractivity contribution in [3.63, 3.8) is 0 Å². The molecule has 0 amide bonds. The molecule has 0 aromatic heterocycles. The van der Waals surface area contributed by atoms with Gasteiger partial charge in [-0.3, -0.25) is 0 Å². The minimum atomic E-state index is -1.44. The van der Waals surface area contributed by atoms with Gasteiger partial charge in [0, 0.05) is 0 Å². The smallest absolute Gasteiger partial charge is 0.163 e. The quantitative estimate of drug-likeness (QED) is 0.580. The fourth-order valence-corrected chi connectivity index (χ4v) is 1.67. The molecule has 3 nitrogen and oxygen atoms in total. The van der Waals surface area contributed by atoms with Crippen LogP contribution in [0.15, 0.2) is 0 Å². The molecule has 1 aliphatic heterocycles. The first-order valence-corrected chi connectivity index (χ1v) is 4.33. The van der Waals surface area contributed by atoms with Gasteiger partial charge >= 0.3 is 0 Å². The van der Waals surface area contributed by atoms with E-state index in [0.29, 0.717) is 0 Å². The molecule has 0 aromatic rings. The lowest BCUT2D eigenvalue weighted by Crippen LogP contribution is -2.57. The van der Waals surface area contributed by atoms with Gasteiger partial charge in [0.15, 0.2) is 6.17 Å². The molecule has 1 heterocycles. The van der Waals surface area contributed by atoms with Gasteiger partial charge in [-0.2, -0.15) is 0 Å². The molecule has 1 fully saturated rings. The minimum Gasteiger partial charge on any atom is -0.388 e. The Kier molecular flexibility index (Phi) is 2.85. The van der Waals surface area contributed by atoms with Crippen LogP contribution < -0.4 is 5.73 Å². The topological polar surface area (TPSA) is 55.5 Å². The Labute approximate surface area is 72.8 Å². The molecule has 1 rings (SSSR count). The van der Waals surface area contributed by atoms with E-state index < -0.39 is 23.3 Å². The third-order valence-electron chi connectivity index (χ3n) is 1.86. The minimum absolute atomic E-state index is 0.318. The zero-order valence-corrected chi connectivity index (χ0v) is 7.66. The molecule has 0 bridgehead atoms. The maximum absolute atomic E-state index is 12.9. The van der Waals surface area contributed by atoms with Crippen LogP contribution in [0.1, 0.15) is 6.92 Å². The molecule has 0 saturated carbocycles. The summed E-state index contributed by atoms with van der Waals surface area (Å²) in [6.07, 6.45) is -2.90. The molecule has 11 heavy (non-hydrogen) atoms. The lowest BCUT2D eigenvalue weighted by molar-refractivity contribution is -0.112. The van der Waals surface area contributed by atoms with Crippen molar-refractivity contribution in [2.24, 2.45) is 5.73 Å². The Morgan fingerprint density at radius 1 is 1.64 bits per heavy atom. The third-order valence-corrected chi connectivity index (χ3v) is 2.58. The van der Waals surface area contributed by atoms with E-state index in [0.717, 1.165) is 0 Å². The van der Waals surface area contributed by atoms with Crippen molar-refractivity contribution in [3.8, 4) is 0 Å². The molecule has 66 valence electrons. The predicted octanol–water partition coefficient (Wildman–Crippen LogP) is 0.152.